The van der Waals surface area contributed by atoms with Crippen LogP contribution >= 0.6 is 0 Å². The SMILES string of the molecule is C.CC(C)[O-].[In+3]. The van der Waals surface area contributed by atoms with Crippen LogP contribution in [0.1, 0.15) is 21.3 Å². The van der Waals surface area contributed by atoms with Crippen LogP contribution in [0.2, 0.25) is 0 Å². The van der Waals surface area contributed by atoms with Gasteiger partial charge >= 0.3 is 25.8 Å². The first-order valence-corrected chi connectivity index (χ1v) is 1.39. The topological polar surface area (TPSA) is 23.1 Å². The smallest absolute Gasteiger partial charge is 0.852 e. The Kier molecular flexibility index (Phi) is 24.5. The minimum atomic E-state index is -0.417. The van der Waals surface area contributed by atoms with E-state index in [2.05, 4.69) is 0 Å². The van der Waals surface area contributed by atoms with Gasteiger partial charge in [-0.05, 0) is 0 Å². The van der Waals surface area contributed by atoms with Gasteiger partial charge in [-0.2, -0.15) is 0 Å². The summed E-state index contributed by atoms with van der Waals surface area (Å²) in [4.78, 5) is 0. The standard InChI is InChI=1S/C3H7O.CH4.In/c1-3(2)4;;/h3H,1-2H3;1H4;/q-1;;+3. The van der Waals surface area contributed by atoms with Gasteiger partial charge in [-0.25, -0.2) is 0 Å². The third kappa shape index (κ3) is 103. The van der Waals surface area contributed by atoms with Crippen molar-refractivity contribution in [3.63, 3.8) is 0 Å². The van der Waals surface area contributed by atoms with E-state index in [0.717, 1.165) is 0 Å². The van der Waals surface area contributed by atoms with E-state index >= 15 is 0 Å². The summed E-state index contributed by atoms with van der Waals surface area (Å²) >= 11 is 0. The molecule has 0 spiro atoms. The van der Waals surface area contributed by atoms with Gasteiger partial charge in [0, 0.05) is 0 Å². The molecule has 0 aliphatic rings. The zero-order valence-electron chi connectivity index (χ0n) is 3.56. The molecule has 0 radical (unpaired) electrons. The summed E-state index contributed by atoms with van der Waals surface area (Å²) in [6, 6.07) is 0. The van der Waals surface area contributed by atoms with Crippen molar-refractivity contribution in [2.75, 3.05) is 0 Å². The Labute approximate surface area is 58.5 Å². The fraction of sp³-hybridized carbons (Fsp3) is 1.00. The molecule has 0 N–H and O–H groups in total. The van der Waals surface area contributed by atoms with Gasteiger partial charge in [-0.3, -0.25) is 0 Å². The molecular formula is C4H11InO+2. The Morgan fingerprint density at radius 2 is 1.33 bits per heavy atom. The maximum atomic E-state index is 9.53. The van der Waals surface area contributed by atoms with Gasteiger partial charge in [-0.15, -0.1) is 6.10 Å². The maximum absolute atomic E-state index is 9.53. The summed E-state index contributed by atoms with van der Waals surface area (Å²) in [6.45, 7) is 3.22. The van der Waals surface area contributed by atoms with Gasteiger partial charge in [0.2, 0.25) is 0 Å². The molecular weight excluding hydrogens is 179 g/mol. The molecule has 0 saturated carbocycles. The zero-order chi connectivity index (χ0) is 3.58. The largest absolute Gasteiger partial charge is 3.00 e. The van der Waals surface area contributed by atoms with Gasteiger partial charge in [0.05, 0.1) is 0 Å². The van der Waals surface area contributed by atoms with Gasteiger partial charge in [0.25, 0.3) is 0 Å². The van der Waals surface area contributed by atoms with Crippen molar-refractivity contribution in [3.8, 4) is 0 Å². The van der Waals surface area contributed by atoms with Gasteiger partial charge in [0.15, 0.2) is 0 Å². The van der Waals surface area contributed by atoms with Crippen LogP contribution in [0.4, 0.5) is 0 Å². The molecule has 0 unspecified atom stereocenters. The normalized spacial score (nSPS) is 6.00. The van der Waals surface area contributed by atoms with Crippen LogP contribution in [0.5, 0.6) is 0 Å². The molecule has 0 fully saturated rings. The first kappa shape index (κ1) is 15.8. The Hall–Kier alpha value is 0.830. The molecule has 34 valence electrons. The van der Waals surface area contributed by atoms with Crippen LogP contribution in [0.25, 0.3) is 0 Å². The van der Waals surface area contributed by atoms with Crippen molar-refractivity contribution in [3.05, 3.63) is 0 Å². The summed E-state index contributed by atoms with van der Waals surface area (Å²) in [7, 11) is 0. The molecule has 2 heteroatoms. The molecule has 0 heterocycles. The van der Waals surface area contributed by atoms with E-state index in [0.29, 0.717) is 0 Å². The van der Waals surface area contributed by atoms with Crippen molar-refractivity contribution in [1.29, 1.82) is 0 Å². The number of hydrogen-bond acceptors (Lipinski definition) is 1. The Balaban J connectivity index is -0.0000000450. The third-order valence-corrected chi connectivity index (χ3v) is 0. The summed E-state index contributed by atoms with van der Waals surface area (Å²) < 4.78 is 0. The minimum Gasteiger partial charge on any atom is -0.852 e. The molecule has 0 aromatic carbocycles. The van der Waals surface area contributed by atoms with Gasteiger partial charge in [-0.1, -0.05) is 21.3 Å². The summed E-state index contributed by atoms with van der Waals surface area (Å²) in [5, 5.41) is 9.53. The maximum Gasteiger partial charge on any atom is 3.00 e. The average Bonchev–Trinajstić information content (AvgIpc) is 0.811. The molecule has 0 bridgehead atoms. The summed E-state index contributed by atoms with van der Waals surface area (Å²) in [6.07, 6.45) is -0.417. The van der Waals surface area contributed by atoms with Crippen LogP contribution in [0.15, 0.2) is 0 Å². The molecule has 1 nitrogen and oxygen atoms in total. The molecule has 0 amide bonds. The van der Waals surface area contributed by atoms with E-state index in [1.807, 2.05) is 0 Å². The van der Waals surface area contributed by atoms with E-state index in [-0.39, 0.29) is 33.3 Å². The summed E-state index contributed by atoms with van der Waals surface area (Å²) in [5.41, 5.74) is 0. The average molecular weight is 190 g/mol. The molecule has 0 saturated heterocycles. The molecule has 0 aromatic rings. The predicted molar refractivity (Wildman–Crippen MR) is 27.6 cm³/mol. The van der Waals surface area contributed by atoms with Crippen LogP contribution < -0.4 is 5.11 Å². The van der Waals surface area contributed by atoms with Crippen LogP contribution in [-0.2, 0) is 0 Å². The molecule has 0 aliphatic carbocycles. The van der Waals surface area contributed by atoms with Crippen molar-refractivity contribution < 1.29 is 5.11 Å². The third-order valence-electron chi connectivity index (χ3n) is 0. The molecule has 0 aliphatic heterocycles. The Bertz CT molecular complexity index is 12.3. The zero-order valence-corrected chi connectivity index (χ0v) is 6.86. The van der Waals surface area contributed by atoms with E-state index < -0.39 is 6.10 Å². The van der Waals surface area contributed by atoms with Crippen molar-refractivity contribution in [2.45, 2.75) is 27.4 Å². The van der Waals surface area contributed by atoms with Crippen LogP contribution in [0.3, 0.4) is 0 Å². The second-order valence-corrected chi connectivity index (χ2v) is 1.05. The number of rotatable bonds is 0. The predicted octanol–water partition coefficient (Wildman–Crippen LogP) is 0.0104. The molecule has 0 aromatic heterocycles. The van der Waals surface area contributed by atoms with Crippen molar-refractivity contribution >= 4 is 25.8 Å². The molecule has 0 rings (SSSR count). The Morgan fingerprint density at radius 1 is 1.33 bits per heavy atom. The van der Waals surface area contributed by atoms with Crippen LogP contribution in [0, 0.1) is 0 Å². The monoisotopic (exact) mass is 190 g/mol. The summed E-state index contributed by atoms with van der Waals surface area (Å²) in [5.74, 6) is 0. The quantitative estimate of drug-likeness (QED) is 0.527. The van der Waals surface area contributed by atoms with E-state index in [1.165, 1.54) is 0 Å². The minimum absolute atomic E-state index is 0. The van der Waals surface area contributed by atoms with E-state index in [9.17, 15) is 5.11 Å². The second-order valence-electron chi connectivity index (χ2n) is 1.05. The fourth-order valence-corrected chi connectivity index (χ4v) is 0. The molecule has 0 atom stereocenters. The number of hydrogen-bond donors (Lipinski definition) is 0. The van der Waals surface area contributed by atoms with E-state index in [1.54, 1.807) is 13.8 Å². The van der Waals surface area contributed by atoms with Gasteiger partial charge < -0.3 is 5.11 Å². The van der Waals surface area contributed by atoms with E-state index in [4.69, 9.17) is 0 Å². The fourth-order valence-electron chi connectivity index (χ4n) is 0. The first-order chi connectivity index (χ1) is 1.73. The molecule has 6 heavy (non-hydrogen) atoms. The van der Waals surface area contributed by atoms with Crippen LogP contribution in [-0.4, -0.2) is 31.9 Å². The van der Waals surface area contributed by atoms with Gasteiger partial charge in [0.1, 0.15) is 0 Å². The second kappa shape index (κ2) is 9.27. The first-order valence-electron chi connectivity index (χ1n) is 1.39. The Morgan fingerprint density at radius 3 is 1.33 bits per heavy atom. The van der Waals surface area contributed by atoms with Crippen molar-refractivity contribution in [2.24, 2.45) is 0 Å². The van der Waals surface area contributed by atoms with Crippen molar-refractivity contribution in [1.82, 2.24) is 0 Å².